The van der Waals surface area contributed by atoms with Crippen molar-refractivity contribution in [2.24, 2.45) is 16.6 Å². The molecule has 0 saturated carbocycles. The number of ether oxygens (including phenoxy) is 1. The van der Waals surface area contributed by atoms with Crippen molar-refractivity contribution in [3.05, 3.63) is 69.3 Å². The van der Waals surface area contributed by atoms with E-state index in [1.807, 2.05) is 0 Å². The Morgan fingerprint density at radius 2 is 1.85 bits per heavy atom. The van der Waals surface area contributed by atoms with Gasteiger partial charge >= 0.3 is 5.97 Å². The number of rotatable bonds is 10. The number of aliphatic imine (C=N–C) groups is 1. The summed E-state index contributed by atoms with van der Waals surface area (Å²) < 4.78 is 33.1. The Kier molecular flexibility index (Phi) is 9.83. The summed E-state index contributed by atoms with van der Waals surface area (Å²) in [6.45, 7) is 3.91. The number of nitrogens with two attached hydrogens (primary N) is 1. The van der Waals surface area contributed by atoms with E-state index in [-0.39, 0.29) is 46.7 Å². The van der Waals surface area contributed by atoms with Crippen LogP contribution >= 0.6 is 23.2 Å². The van der Waals surface area contributed by atoms with Gasteiger partial charge in [0.05, 0.1) is 40.0 Å². The van der Waals surface area contributed by atoms with E-state index in [9.17, 15) is 18.4 Å². The molecule has 0 radical (unpaired) electrons. The van der Waals surface area contributed by atoms with Crippen molar-refractivity contribution in [3.8, 4) is 5.75 Å². The second kappa shape index (κ2) is 12.3. The van der Waals surface area contributed by atoms with Crippen molar-refractivity contribution >= 4 is 46.5 Å². The maximum absolute atomic E-state index is 14.6. The minimum atomic E-state index is -1.21. The Morgan fingerprint density at radius 1 is 1.21 bits per heavy atom. The van der Waals surface area contributed by atoms with Crippen molar-refractivity contribution in [3.63, 3.8) is 0 Å². The molecule has 0 aliphatic heterocycles. The summed E-state index contributed by atoms with van der Waals surface area (Å²) >= 11 is 11.8. The van der Waals surface area contributed by atoms with E-state index in [4.69, 9.17) is 38.8 Å². The third kappa shape index (κ3) is 7.16. The molecule has 0 aromatic heterocycles. The molecule has 0 spiro atoms. The lowest BCUT2D eigenvalue weighted by Crippen LogP contribution is -2.26. The maximum atomic E-state index is 14.6. The summed E-state index contributed by atoms with van der Waals surface area (Å²) in [7, 11) is 0. The van der Waals surface area contributed by atoms with Gasteiger partial charge in [0.1, 0.15) is 18.2 Å². The molecule has 0 heterocycles. The molecule has 2 aromatic carbocycles. The van der Waals surface area contributed by atoms with Crippen LogP contribution < -0.4 is 15.8 Å². The minimum Gasteiger partial charge on any atom is -0.492 e. The zero-order valence-electron chi connectivity index (χ0n) is 18.4. The Hall–Kier alpha value is -3.17. The van der Waals surface area contributed by atoms with Crippen molar-refractivity contribution in [1.82, 2.24) is 0 Å². The molecule has 7 nitrogen and oxygen atoms in total. The van der Waals surface area contributed by atoms with Crippen LogP contribution in [0.5, 0.6) is 5.75 Å². The number of carboxylic acid groups (broad SMARTS) is 1. The number of carboxylic acids is 1. The molecule has 11 heteroatoms. The van der Waals surface area contributed by atoms with E-state index in [1.165, 1.54) is 24.3 Å². The lowest BCUT2D eigenvalue weighted by molar-refractivity contribution is -0.136. The fourth-order valence-corrected chi connectivity index (χ4v) is 3.37. The quantitative estimate of drug-likeness (QED) is 0.182. The van der Waals surface area contributed by atoms with Gasteiger partial charge in [-0.15, -0.1) is 0 Å². The standard InChI is InChI=1S/C23H23Cl2F2N3O4/c1-12(2)22(29-7-8-34-15-5-3-14(26)4-6-15)16(11-28)23(33)30-17-9-13(10-18(31)32)19(24)20(25)21(17)27/h3-6,9,11-12H,7-8,10,28H2,1-2H3,(H,30,33)(H,31,32). The summed E-state index contributed by atoms with van der Waals surface area (Å²) in [5, 5.41) is 10.6. The van der Waals surface area contributed by atoms with Gasteiger partial charge < -0.3 is 20.9 Å². The van der Waals surface area contributed by atoms with E-state index < -0.39 is 29.1 Å². The highest BCUT2D eigenvalue weighted by molar-refractivity contribution is 6.43. The molecular weight excluding hydrogens is 491 g/mol. The first-order chi connectivity index (χ1) is 16.0. The average Bonchev–Trinajstić information content (AvgIpc) is 2.78. The third-order valence-corrected chi connectivity index (χ3v) is 5.39. The first kappa shape index (κ1) is 27.1. The van der Waals surface area contributed by atoms with E-state index in [0.717, 1.165) is 12.3 Å². The number of anilines is 1. The second-order valence-electron chi connectivity index (χ2n) is 7.35. The zero-order chi connectivity index (χ0) is 25.4. The van der Waals surface area contributed by atoms with Gasteiger partial charge in [-0.25, -0.2) is 8.78 Å². The number of nitrogens with one attached hydrogen (secondary N) is 1. The molecule has 1 amide bonds. The van der Waals surface area contributed by atoms with Gasteiger partial charge in [0.15, 0.2) is 5.82 Å². The number of carbonyl (C=O) groups is 2. The third-order valence-electron chi connectivity index (χ3n) is 4.50. The summed E-state index contributed by atoms with van der Waals surface area (Å²) in [6.07, 6.45) is 0.524. The van der Waals surface area contributed by atoms with Gasteiger partial charge in [-0.2, -0.15) is 0 Å². The van der Waals surface area contributed by atoms with Crippen LogP contribution in [0, 0.1) is 17.6 Å². The molecule has 2 rings (SSSR count). The first-order valence-electron chi connectivity index (χ1n) is 10.1. The minimum absolute atomic E-state index is 0.0120. The Morgan fingerprint density at radius 3 is 2.41 bits per heavy atom. The number of halogens is 4. The molecule has 0 aliphatic carbocycles. The predicted molar refractivity (Wildman–Crippen MR) is 128 cm³/mol. The van der Waals surface area contributed by atoms with Crippen LogP contribution in [0.2, 0.25) is 10.0 Å². The van der Waals surface area contributed by atoms with Crippen molar-refractivity contribution in [2.45, 2.75) is 20.3 Å². The van der Waals surface area contributed by atoms with Crippen LogP contribution in [0.3, 0.4) is 0 Å². The maximum Gasteiger partial charge on any atom is 0.307 e. The molecule has 182 valence electrons. The molecule has 34 heavy (non-hydrogen) atoms. The lowest BCUT2D eigenvalue weighted by atomic mass is 9.99. The lowest BCUT2D eigenvalue weighted by Gasteiger charge is -2.16. The largest absolute Gasteiger partial charge is 0.492 e. The number of benzene rings is 2. The van der Waals surface area contributed by atoms with Gasteiger partial charge in [-0.3, -0.25) is 14.6 Å². The van der Waals surface area contributed by atoms with Gasteiger partial charge in [0, 0.05) is 6.20 Å². The van der Waals surface area contributed by atoms with E-state index >= 15 is 0 Å². The van der Waals surface area contributed by atoms with E-state index in [2.05, 4.69) is 10.3 Å². The molecule has 0 bridgehead atoms. The fraction of sp³-hybridized carbons (Fsp3) is 0.261. The Bertz CT molecular complexity index is 1120. The molecular formula is C23H23Cl2F2N3O4. The highest BCUT2D eigenvalue weighted by Crippen LogP contribution is 2.34. The molecule has 2 aromatic rings. The highest BCUT2D eigenvalue weighted by Gasteiger charge is 2.23. The molecule has 0 saturated heterocycles. The van der Waals surface area contributed by atoms with Crippen molar-refractivity contribution in [2.75, 3.05) is 18.5 Å². The fourth-order valence-electron chi connectivity index (χ4n) is 2.95. The monoisotopic (exact) mass is 513 g/mol. The van der Waals surface area contributed by atoms with Crippen molar-refractivity contribution in [1.29, 1.82) is 0 Å². The Labute approximate surface area is 205 Å². The number of aliphatic carboxylic acids is 1. The number of amides is 1. The number of nitrogens with zero attached hydrogens (tertiary/aromatic N) is 1. The van der Waals surface area contributed by atoms with E-state index in [0.29, 0.717) is 11.5 Å². The van der Waals surface area contributed by atoms with Crippen LogP contribution in [-0.2, 0) is 16.0 Å². The molecule has 0 aliphatic rings. The second-order valence-corrected chi connectivity index (χ2v) is 8.11. The first-order valence-corrected chi connectivity index (χ1v) is 10.8. The number of hydrogen-bond acceptors (Lipinski definition) is 5. The topological polar surface area (TPSA) is 114 Å². The molecule has 0 fully saturated rings. The van der Waals surface area contributed by atoms with Crippen molar-refractivity contribution < 1.29 is 28.2 Å². The summed E-state index contributed by atoms with van der Waals surface area (Å²) in [5.41, 5.74) is 5.69. The van der Waals surface area contributed by atoms with Crippen LogP contribution in [0.1, 0.15) is 19.4 Å². The molecule has 4 N–H and O–H groups in total. The van der Waals surface area contributed by atoms with Crippen LogP contribution in [0.15, 0.2) is 47.1 Å². The van der Waals surface area contributed by atoms with Crippen LogP contribution in [0.25, 0.3) is 0 Å². The summed E-state index contributed by atoms with van der Waals surface area (Å²) in [5.74, 6) is -3.14. The van der Waals surface area contributed by atoms with Gasteiger partial charge in [0.25, 0.3) is 5.91 Å². The van der Waals surface area contributed by atoms with Crippen LogP contribution in [-0.4, -0.2) is 35.8 Å². The van der Waals surface area contributed by atoms with E-state index in [1.54, 1.807) is 13.8 Å². The highest BCUT2D eigenvalue weighted by atomic mass is 35.5. The smallest absolute Gasteiger partial charge is 0.307 e. The summed E-state index contributed by atoms with van der Waals surface area (Å²) in [4.78, 5) is 28.3. The number of hydrogen-bond donors (Lipinski definition) is 3. The van der Waals surface area contributed by atoms with Gasteiger partial charge in [0.2, 0.25) is 0 Å². The normalized spacial score (nSPS) is 12.1. The number of carbonyl (C=O) groups excluding carboxylic acids is 1. The zero-order valence-corrected chi connectivity index (χ0v) is 19.9. The van der Waals surface area contributed by atoms with Gasteiger partial charge in [-0.1, -0.05) is 37.0 Å². The Balaban J connectivity index is 2.19. The SMILES string of the molecule is CC(C)C(=NCCOc1ccc(F)cc1)C(=CN)C(=O)Nc1cc(CC(=O)O)c(Cl)c(Cl)c1F. The van der Waals surface area contributed by atoms with Gasteiger partial charge in [-0.05, 0) is 41.8 Å². The van der Waals surface area contributed by atoms with Crippen LogP contribution in [0.4, 0.5) is 14.5 Å². The summed E-state index contributed by atoms with van der Waals surface area (Å²) in [6, 6.07) is 6.59. The predicted octanol–water partition coefficient (Wildman–Crippen LogP) is 4.86. The average molecular weight is 514 g/mol. The molecule has 0 unspecified atom stereocenters. The molecule has 0 atom stereocenters.